The summed E-state index contributed by atoms with van der Waals surface area (Å²) in [6.07, 6.45) is -9.85. The highest BCUT2D eigenvalue weighted by Gasteiger charge is 2.39. The quantitative estimate of drug-likeness (QED) is 0.160. The molecule has 0 radical (unpaired) electrons. The fourth-order valence-corrected chi connectivity index (χ4v) is 5.91. The Labute approximate surface area is 276 Å². The number of rotatable bonds is 14. The molecule has 2 fully saturated rings. The van der Waals surface area contributed by atoms with Crippen molar-refractivity contribution in [1.82, 2.24) is 14.7 Å². The maximum absolute atomic E-state index is 13.8. The topological polar surface area (TPSA) is 72.9 Å². The van der Waals surface area contributed by atoms with E-state index < -0.39 is 41.0 Å². The minimum atomic E-state index is -5.07. The van der Waals surface area contributed by atoms with Crippen LogP contribution in [0.2, 0.25) is 0 Å². The Morgan fingerprint density at radius 1 is 0.896 bits per heavy atom. The molecule has 4 rings (SSSR count). The van der Waals surface area contributed by atoms with Crippen molar-refractivity contribution in [2.75, 3.05) is 93.3 Å². The molecule has 0 N–H and O–H groups in total. The summed E-state index contributed by atoms with van der Waals surface area (Å²) in [5.41, 5.74) is -2.09. The summed E-state index contributed by atoms with van der Waals surface area (Å²) < 4.78 is 109. The lowest BCUT2D eigenvalue weighted by Gasteiger charge is -2.43. The first kappa shape index (κ1) is 37.9. The fourth-order valence-electron chi connectivity index (χ4n) is 5.91. The van der Waals surface area contributed by atoms with Crippen LogP contribution in [0, 0.1) is 6.92 Å². The molecule has 2 saturated heterocycles. The fraction of sp³-hybridized carbons (Fsp3) is 0.606. The van der Waals surface area contributed by atoms with Gasteiger partial charge in [-0.2, -0.15) is 26.3 Å². The molecule has 9 nitrogen and oxygen atoms in total. The Balaban J connectivity index is 1.58. The van der Waals surface area contributed by atoms with Gasteiger partial charge in [0.2, 0.25) is 0 Å². The highest BCUT2D eigenvalue weighted by Crippen LogP contribution is 2.37. The molecule has 2 atom stereocenters. The van der Waals surface area contributed by atoms with Gasteiger partial charge in [0.1, 0.15) is 5.75 Å². The third-order valence-corrected chi connectivity index (χ3v) is 8.53. The molecule has 0 aromatic heterocycles. The van der Waals surface area contributed by atoms with Crippen LogP contribution < -0.4 is 4.74 Å². The third kappa shape index (κ3) is 10.5. The molecule has 1 amide bonds. The standard InChI is InChI=1S/C33H43F6N3O6/c1-23-4-5-24(15-30(23)48-22-47-13-12-44-2)14-28-19-40(6-8-41-10-11-46-21-29(41)20-45-3)7-9-42(28)31(43)25-16-26(32(34,35)36)18-27(17-25)33(37,38)39/h4-5,15-18,28-29H,6-14,19-22H2,1-3H3/t28?,29-/m1/s1. The smallest absolute Gasteiger partial charge is 0.416 e. The van der Waals surface area contributed by atoms with E-state index in [4.69, 9.17) is 23.7 Å². The minimum Gasteiger partial charge on any atom is -0.467 e. The molecule has 2 aliphatic rings. The van der Waals surface area contributed by atoms with Crippen LogP contribution in [-0.2, 0) is 37.7 Å². The summed E-state index contributed by atoms with van der Waals surface area (Å²) in [5, 5.41) is 0. The largest absolute Gasteiger partial charge is 0.467 e. The number of nitrogens with zero attached hydrogens (tertiary/aromatic N) is 3. The van der Waals surface area contributed by atoms with Crippen molar-refractivity contribution in [2.45, 2.75) is 37.8 Å². The molecule has 2 aromatic rings. The van der Waals surface area contributed by atoms with Crippen LogP contribution in [0.5, 0.6) is 5.75 Å². The summed E-state index contributed by atoms with van der Waals surface area (Å²) in [6, 6.07) is 6.09. The van der Waals surface area contributed by atoms with E-state index >= 15 is 0 Å². The molecule has 0 aliphatic carbocycles. The van der Waals surface area contributed by atoms with Gasteiger partial charge in [-0.05, 0) is 48.7 Å². The van der Waals surface area contributed by atoms with Crippen molar-refractivity contribution >= 4 is 5.91 Å². The van der Waals surface area contributed by atoms with Gasteiger partial charge >= 0.3 is 12.4 Å². The Bertz CT molecular complexity index is 1310. The second kappa shape index (κ2) is 17.1. The number of methoxy groups -OCH3 is 2. The minimum absolute atomic E-state index is 0.0157. The lowest BCUT2D eigenvalue weighted by molar-refractivity contribution is -0.143. The summed E-state index contributed by atoms with van der Waals surface area (Å²) in [5.74, 6) is -0.334. The average molecular weight is 692 g/mol. The zero-order valence-electron chi connectivity index (χ0n) is 27.4. The molecule has 2 heterocycles. The highest BCUT2D eigenvalue weighted by atomic mass is 19.4. The number of halogens is 6. The molecule has 2 aliphatic heterocycles. The van der Waals surface area contributed by atoms with Crippen molar-refractivity contribution in [3.63, 3.8) is 0 Å². The predicted octanol–water partition coefficient (Wildman–Crippen LogP) is 4.75. The Morgan fingerprint density at radius 3 is 2.29 bits per heavy atom. The van der Waals surface area contributed by atoms with Crippen LogP contribution in [0.25, 0.3) is 0 Å². The van der Waals surface area contributed by atoms with Crippen LogP contribution in [0.15, 0.2) is 36.4 Å². The normalized spacial score (nSPS) is 19.9. The second-order valence-corrected chi connectivity index (χ2v) is 11.9. The van der Waals surface area contributed by atoms with E-state index in [1.165, 1.54) is 4.90 Å². The second-order valence-electron chi connectivity index (χ2n) is 11.9. The Morgan fingerprint density at radius 2 is 1.62 bits per heavy atom. The van der Waals surface area contributed by atoms with Crippen molar-refractivity contribution < 1.29 is 54.8 Å². The number of alkyl halides is 6. The Hall–Kier alpha value is -2.95. The molecule has 268 valence electrons. The SMILES string of the molecule is COCCOCOc1cc(CC2CN(CCN3CCOC[C@H]3COC)CCN2C(=O)c2cc(C(F)(F)F)cc(C(F)(F)F)c2)ccc1C. The predicted molar refractivity (Wildman–Crippen MR) is 164 cm³/mol. The summed E-state index contributed by atoms with van der Waals surface area (Å²) in [4.78, 5) is 19.7. The number of piperazine rings is 1. The molecule has 0 saturated carbocycles. The van der Waals surface area contributed by atoms with Gasteiger partial charge in [-0.3, -0.25) is 14.6 Å². The van der Waals surface area contributed by atoms with Crippen molar-refractivity contribution in [3.8, 4) is 5.75 Å². The molecule has 1 unspecified atom stereocenters. The number of hydrogen-bond acceptors (Lipinski definition) is 8. The number of ether oxygens (including phenoxy) is 5. The molecule has 15 heteroatoms. The third-order valence-electron chi connectivity index (χ3n) is 8.53. The first-order valence-electron chi connectivity index (χ1n) is 15.7. The zero-order chi connectivity index (χ0) is 34.9. The van der Waals surface area contributed by atoms with Gasteiger partial charge < -0.3 is 28.6 Å². The number of benzene rings is 2. The number of aryl methyl sites for hydroxylation is 1. The van der Waals surface area contributed by atoms with E-state index in [1.54, 1.807) is 14.2 Å². The van der Waals surface area contributed by atoms with E-state index in [1.807, 2.05) is 25.1 Å². The summed E-state index contributed by atoms with van der Waals surface area (Å²) >= 11 is 0. The van der Waals surface area contributed by atoms with E-state index in [2.05, 4.69) is 9.80 Å². The van der Waals surface area contributed by atoms with Crippen molar-refractivity contribution in [3.05, 3.63) is 64.2 Å². The van der Waals surface area contributed by atoms with Gasteiger partial charge in [0.15, 0.2) is 6.79 Å². The van der Waals surface area contributed by atoms with Crippen LogP contribution in [0.4, 0.5) is 26.3 Å². The molecular weight excluding hydrogens is 648 g/mol. The van der Waals surface area contributed by atoms with Crippen LogP contribution in [-0.4, -0.2) is 126 Å². The molecule has 0 spiro atoms. The molecule has 0 bridgehead atoms. The molecule has 2 aromatic carbocycles. The van der Waals surface area contributed by atoms with Gasteiger partial charge in [0, 0.05) is 65.1 Å². The lowest BCUT2D eigenvalue weighted by Crippen LogP contribution is -2.58. The summed E-state index contributed by atoms with van der Waals surface area (Å²) in [7, 11) is 3.19. The molecular formula is C33H43F6N3O6. The number of carbonyl (C=O) groups is 1. The van der Waals surface area contributed by atoms with E-state index in [-0.39, 0.29) is 25.4 Å². The van der Waals surface area contributed by atoms with Gasteiger partial charge in [-0.1, -0.05) is 12.1 Å². The van der Waals surface area contributed by atoms with E-state index in [0.717, 1.165) is 17.7 Å². The highest BCUT2D eigenvalue weighted by molar-refractivity contribution is 5.95. The van der Waals surface area contributed by atoms with E-state index in [0.29, 0.717) is 83.5 Å². The Kier molecular flexibility index (Phi) is 13.5. The van der Waals surface area contributed by atoms with Gasteiger partial charge in [-0.15, -0.1) is 0 Å². The molecule has 48 heavy (non-hydrogen) atoms. The number of amides is 1. The van der Waals surface area contributed by atoms with Crippen LogP contribution >= 0.6 is 0 Å². The first-order valence-corrected chi connectivity index (χ1v) is 15.7. The first-order chi connectivity index (χ1) is 22.8. The summed E-state index contributed by atoms with van der Waals surface area (Å²) in [6.45, 7) is 7.19. The maximum Gasteiger partial charge on any atom is 0.416 e. The van der Waals surface area contributed by atoms with Gasteiger partial charge in [-0.25, -0.2) is 0 Å². The van der Waals surface area contributed by atoms with Crippen LogP contribution in [0.3, 0.4) is 0 Å². The monoisotopic (exact) mass is 691 g/mol. The van der Waals surface area contributed by atoms with Crippen LogP contribution in [0.1, 0.15) is 32.6 Å². The van der Waals surface area contributed by atoms with Crippen molar-refractivity contribution in [1.29, 1.82) is 0 Å². The van der Waals surface area contributed by atoms with E-state index in [9.17, 15) is 31.1 Å². The van der Waals surface area contributed by atoms with Crippen molar-refractivity contribution in [2.24, 2.45) is 0 Å². The van der Waals surface area contributed by atoms with Gasteiger partial charge in [0.05, 0.1) is 50.2 Å². The van der Waals surface area contributed by atoms with Gasteiger partial charge in [0.25, 0.3) is 5.91 Å². The number of hydrogen-bond donors (Lipinski definition) is 0. The number of carbonyl (C=O) groups excluding carboxylic acids is 1. The maximum atomic E-state index is 13.8. The zero-order valence-corrected chi connectivity index (χ0v) is 27.4. The lowest BCUT2D eigenvalue weighted by atomic mass is 9.98. The number of morpholine rings is 1. The average Bonchev–Trinajstić information content (AvgIpc) is 3.04.